The second kappa shape index (κ2) is 7.02. The van der Waals surface area contributed by atoms with E-state index in [2.05, 4.69) is 20.3 Å². The molecular weight excluding hydrogens is 282 g/mol. The molecule has 0 aromatic carbocycles. The predicted molar refractivity (Wildman–Crippen MR) is 83.5 cm³/mol. The summed E-state index contributed by atoms with van der Waals surface area (Å²) in [6.07, 6.45) is 7.53. The average molecular weight is 305 g/mol. The van der Waals surface area contributed by atoms with Crippen LogP contribution in [-0.4, -0.2) is 44.4 Å². The fourth-order valence-corrected chi connectivity index (χ4v) is 2.66. The van der Waals surface area contributed by atoms with Crippen molar-refractivity contribution in [2.75, 3.05) is 25.1 Å². The Bertz CT molecular complexity index is 609. The van der Waals surface area contributed by atoms with Crippen LogP contribution in [0.3, 0.4) is 0 Å². The van der Waals surface area contributed by atoms with E-state index in [0.717, 1.165) is 49.4 Å². The number of hydrogen-bond donors (Lipinski definition) is 2. The van der Waals surface area contributed by atoms with Gasteiger partial charge in [0, 0.05) is 19.8 Å². The van der Waals surface area contributed by atoms with Crippen molar-refractivity contribution in [3.05, 3.63) is 12.7 Å². The van der Waals surface area contributed by atoms with Crippen LogP contribution >= 0.6 is 0 Å². The Balaban J connectivity index is 1.76. The number of ether oxygens (including phenoxy) is 1. The molecule has 2 aromatic heterocycles. The molecule has 0 radical (unpaired) electrons. The van der Waals surface area contributed by atoms with Crippen LogP contribution in [0.25, 0.3) is 11.2 Å². The number of fused-ring (bicyclic) bond motifs is 1. The molecule has 0 spiro atoms. The average Bonchev–Trinajstić information content (AvgIpc) is 3.00. The predicted octanol–water partition coefficient (Wildman–Crippen LogP) is 1.96. The molecule has 22 heavy (non-hydrogen) atoms. The molecule has 3 rings (SSSR count). The van der Waals surface area contributed by atoms with Gasteiger partial charge in [-0.1, -0.05) is 6.92 Å². The number of nitrogens with one attached hydrogen (secondary N) is 1. The molecule has 0 aliphatic carbocycles. The van der Waals surface area contributed by atoms with Gasteiger partial charge in [0.15, 0.2) is 17.0 Å². The third-order valence-electron chi connectivity index (χ3n) is 4.07. The second-order valence-electron chi connectivity index (χ2n) is 5.87. The first-order valence-corrected chi connectivity index (χ1v) is 7.93. The zero-order chi connectivity index (χ0) is 15.4. The highest BCUT2D eigenvalue weighted by molar-refractivity contribution is 5.82. The largest absolute Gasteiger partial charge is 0.396 e. The molecule has 0 saturated carbocycles. The molecule has 1 aliphatic rings. The van der Waals surface area contributed by atoms with E-state index in [1.54, 1.807) is 12.7 Å². The SMILES string of the molecule is CC(CO)CCNc1ncnc2c1ncn2C1CCCCO1. The molecule has 2 atom stereocenters. The van der Waals surface area contributed by atoms with Gasteiger partial charge in [0.25, 0.3) is 0 Å². The molecule has 3 heterocycles. The first-order chi connectivity index (χ1) is 10.8. The van der Waals surface area contributed by atoms with Crippen molar-refractivity contribution >= 4 is 17.0 Å². The Morgan fingerprint density at radius 3 is 3.09 bits per heavy atom. The molecular formula is C15H23N5O2. The van der Waals surface area contributed by atoms with Crippen molar-refractivity contribution in [1.82, 2.24) is 19.5 Å². The summed E-state index contributed by atoms with van der Waals surface area (Å²) in [5, 5.41) is 12.4. The molecule has 1 saturated heterocycles. The van der Waals surface area contributed by atoms with Crippen molar-refractivity contribution in [3.63, 3.8) is 0 Å². The number of nitrogens with zero attached hydrogens (tertiary/aromatic N) is 4. The maximum atomic E-state index is 9.07. The van der Waals surface area contributed by atoms with E-state index in [0.29, 0.717) is 0 Å². The fraction of sp³-hybridized carbons (Fsp3) is 0.667. The number of aromatic nitrogens is 4. The molecule has 120 valence electrons. The van der Waals surface area contributed by atoms with Crippen LogP contribution in [0, 0.1) is 5.92 Å². The van der Waals surface area contributed by atoms with Gasteiger partial charge in [-0.2, -0.15) is 0 Å². The summed E-state index contributed by atoms with van der Waals surface area (Å²) < 4.78 is 7.81. The monoisotopic (exact) mass is 305 g/mol. The summed E-state index contributed by atoms with van der Waals surface area (Å²) in [4.78, 5) is 13.1. The van der Waals surface area contributed by atoms with Gasteiger partial charge < -0.3 is 15.2 Å². The number of aliphatic hydroxyl groups excluding tert-OH is 1. The van der Waals surface area contributed by atoms with Gasteiger partial charge in [-0.05, 0) is 31.6 Å². The molecule has 0 amide bonds. The highest BCUT2D eigenvalue weighted by Crippen LogP contribution is 2.27. The molecule has 2 unspecified atom stereocenters. The minimum absolute atomic E-state index is 0.0240. The zero-order valence-corrected chi connectivity index (χ0v) is 12.9. The van der Waals surface area contributed by atoms with Gasteiger partial charge in [-0.25, -0.2) is 15.0 Å². The number of anilines is 1. The Kier molecular flexibility index (Phi) is 4.84. The van der Waals surface area contributed by atoms with Crippen molar-refractivity contribution in [2.24, 2.45) is 5.92 Å². The number of hydrogen-bond acceptors (Lipinski definition) is 6. The first-order valence-electron chi connectivity index (χ1n) is 7.93. The van der Waals surface area contributed by atoms with E-state index in [-0.39, 0.29) is 18.8 Å². The Morgan fingerprint density at radius 2 is 2.32 bits per heavy atom. The van der Waals surface area contributed by atoms with Gasteiger partial charge in [0.05, 0.1) is 6.33 Å². The lowest BCUT2D eigenvalue weighted by molar-refractivity contribution is -0.0298. The normalized spacial score (nSPS) is 20.2. The number of imidazole rings is 1. The standard InChI is InChI=1S/C15H23N5O2/c1-11(8-21)5-6-16-14-13-15(18-9-17-14)20(10-19-13)12-4-2-3-7-22-12/h9-12,21H,2-8H2,1H3,(H,16,17,18). The lowest BCUT2D eigenvalue weighted by atomic mass is 10.1. The van der Waals surface area contributed by atoms with E-state index < -0.39 is 0 Å². The van der Waals surface area contributed by atoms with E-state index in [1.165, 1.54) is 6.42 Å². The lowest BCUT2D eigenvalue weighted by Gasteiger charge is -2.23. The lowest BCUT2D eigenvalue weighted by Crippen LogP contribution is -2.17. The molecule has 1 aliphatic heterocycles. The Morgan fingerprint density at radius 1 is 1.41 bits per heavy atom. The van der Waals surface area contributed by atoms with Crippen molar-refractivity contribution in [2.45, 2.75) is 38.8 Å². The fourth-order valence-electron chi connectivity index (χ4n) is 2.66. The molecule has 7 nitrogen and oxygen atoms in total. The second-order valence-corrected chi connectivity index (χ2v) is 5.87. The van der Waals surface area contributed by atoms with Crippen molar-refractivity contribution in [3.8, 4) is 0 Å². The van der Waals surface area contributed by atoms with Gasteiger partial charge in [0.1, 0.15) is 12.6 Å². The van der Waals surface area contributed by atoms with E-state index in [4.69, 9.17) is 9.84 Å². The van der Waals surface area contributed by atoms with Crippen LogP contribution in [0.5, 0.6) is 0 Å². The topological polar surface area (TPSA) is 85.1 Å². The zero-order valence-electron chi connectivity index (χ0n) is 12.9. The quantitative estimate of drug-likeness (QED) is 0.848. The number of rotatable bonds is 6. The third kappa shape index (κ3) is 3.20. The van der Waals surface area contributed by atoms with Gasteiger partial charge in [-0.3, -0.25) is 4.57 Å². The summed E-state index contributed by atoms with van der Waals surface area (Å²) in [7, 11) is 0. The van der Waals surface area contributed by atoms with Crippen molar-refractivity contribution in [1.29, 1.82) is 0 Å². The van der Waals surface area contributed by atoms with E-state index >= 15 is 0 Å². The minimum atomic E-state index is 0.0240. The van der Waals surface area contributed by atoms with Gasteiger partial charge in [-0.15, -0.1) is 0 Å². The molecule has 1 fully saturated rings. The molecule has 0 bridgehead atoms. The highest BCUT2D eigenvalue weighted by atomic mass is 16.5. The smallest absolute Gasteiger partial charge is 0.167 e. The minimum Gasteiger partial charge on any atom is -0.396 e. The van der Waals surface area contributed by atoms with E-state index in [9.17, 15) is 0 Å². The third-order valence-corrected chi connectivity index (χ3v) is 4.07. The van der Waals surface area contributed by atoms with Crippen LogP contribution < -0.4 is 5.32 Å². The van der Waals surface area contributed by atoms with Crippen LogP contribution in [0.2, 0.25) is 0 Å². The van der Waals surface area contributed by atoms with Gasteiger partial charge >= 0.3 is 0 Å². The summed E-state index contributed by atoms with van der Waals surface area (Å²) in [5.74, 6) is 1.02. The Hall–Kier alpha value is -1.73. The molecule has 2 N–H and O–H groups in total. The van der Waals surface area contributed by atoms with Crippen LogP contribution in [0.15, 0.2) is 12.7 Å². The molecule has 7 heteroatoms. The highest BCUT2D eigenvalue weighted by Gasteiger charge is 2.19. The van der Waals surface area contributed by atoms with Crippen LogP contribution in [0.1, 0.15) is 38.8 Å². The van der Waals surface area contributed by atoms with E-state index in [1.807, 2.05) is 11.5 Å². The first kappa shape index (κ1) is 15.2. The Labute approximate surface area is 129 Å². The van der Waals surface area contributed by atoms with Crippen LogP contribution in [-0.2, 0) is 4.74 Å². The summed E-state index contributed by atoms with van der Waals surface area (Å²) in [6.45, 7) is 3.76. The van der Waals surface area contributed by atoms with Crippen molar-refractivity contribution < 1.29 is 9.84 Å². The molecule has 2 aromatic rings. The summed E-state index contributed by atoms with van der Waals surface area (Å²) >= 11 is 0. The maximum Gasteiger partial charge on any atom is 0.167 e. The van der Waals surface area contributed by atoms with Crippen LogP contribution in [0.4, 0.5) is 5.82 Å². The maximum absolute atomic E-state index is 9.07. The summed E-state index contributed by atoms with van der Waals surface area (Å²) in [6, 6.07) is 0. The summed E-state index contributed by atoms with van der Waals surface area (Å²) in [5.41, 5.74) is 1.58. The van der Waals surface area contributed by atoms with Gasteiger partial charge in [0.2, 0.25) is 0 Å². The number of aliphatic hydroxyl groups is 1.